The molecule has 3 aromatic rings. The highest BCUT2D eigenvalue weighted by atomic mass is 32.2. The molecule has 196 valence electrons. The number of hydrazone groups is 1. The van der Waals surface area contributed by atoms with Gasteiger partial charge in [0.25, 0.3) is 21.6 Å². The van der Waals surface area contributed by atoms with E-state index in [2.05, 4.69) is 5.10 Å². The monoisotopic (exact) mass is 572 g/mol. The molecule has 0 bridgehead atoms. The van der Waals surface area contributed by atoms with E-state index in [0.717, 1.165) is 39.1 Å². The van der Waals surface area contributed by atoms with E-state index in [9.17, 15) is 27.4 Å². The number of carbonyl (C=O) groups excluding carboxylic acids is 2. The number of hydrogen-bond acceptors (Lipinski definition) is 10. The molecule has 2 aliphatic heterocycles. The summed E-state index contributed by atoms with van der Waals surface area (Å²) in [5, 5.41) is 5.80. The summed E-state index contributed by atoms with van der Waals surface area (Å²) in [5.74, 6) is -1.54. The van der Waals surface area contributed by atoms with Crippen molar-refractivity contribution in [2.24, 2.45) is 12.1 Å². The van der Waals surface area contributed by atoms with Gasteiger partial charge in [-0.25, -0.2) is 4.79 Å². The fourth-order valence-corrected chi connectivity index (χ4v) is 6.94. The van der Waals surface area contributed by atoms with E-state index >= 15 is 0 Å². The molecule has 1 amide bonds. The average Bonchev–Trinajstić information content (AvgIpc) is 3.50. The minimum absolute atomic E-state index is 0.0363. The largest absolute Gasteiger partial charge is 0.461 e. The number of hydrogen-bond donors (Lipinski definition) is 1. The molecule has 0 saturated heterocycles. The Morgan fingerprint density at radius 3 is 2.39 bits per heavy atom. The van der Waals surface area contributed by atoms with Gasteiger partial charge >= 0.3 is 5.97 Å². The first-order valence-electron chi connectivity index (χ1n) is 11.2. The third-order valence-corrected chi connectivity index (χ3v) is 9.32. The van der Waals surface area contributed by atoms with Gasteiger partial charge in [-0.05, 0) is 43.3 Å². The van der Waals surface area contributed by atoms with Crippen LogP contribution < -0.4 is 24.7 Å². The molecule has 2 aromatic carbocycles. The maximum Gasteiger partial charge on any atom is 0.359 e. The van der Waals surface area contributed by atoms with Crippen molar-refractivity contribution in [3.05, 3.63) is 68.1 Å². The SMILES string of the molecule is CCOC(=O)C1=NN(c2ccc(S(=O)(=O)O)cc2)C(=O)C1=c1sc(=C2Sc3ccccc3N2C)c(=O)n1C. The van der Waals surface area contributed by atoms with Gasteiger partial charge in [-0.1, -0.05) is 23.9 Å². The van der Waals surface area contributed by atoms with Crippen molar-refractivity contribution in [1.82, 2.24) is 4.57 Å². The maximum atomic E-state index is 13.6. The zero-order chi connectivity index (χ0) is 27.4. The van der Waals surface area contributed by atoms with E-state index in [1.54, 1.807) is 6.92 Å². The van der Waals surface area contributed by atoms with Crippen LogP contribution in [0.3, 0.4) is 0 Å². The second-order valence-electron chi connectivity index (χ2n) is 8.16. The molecule has 0 fully saturated rings. The Labute approximate surface area is 224 Å². The zero-order valence-corrected chi connectivity index (χ0v) is 22.7. The number of thiazole rings is 1. The number of fused-ring (bicyclic) bond motifs is 1. The number of anilines is 2. The maximum absolute atomic E-state index is 13.6. The van der Waals surface area contributed by atoms with Crippen molar-refractivity contribution in [3.8, 4) is 0 Å². The topological polar surface area (TPSA) is 139 Å². The molecule has 0 unspecified atom stereocenters. The van der Waals surface area contributed by atoms with Crippen molar-refractivity contribution < 1.29 is 27.3 Å². The molecule has 1 N–H and O–H groups in total. The fourth-order valence-electron chi connectivity index (χ4n) is 3.98. The van der Waals surface area contributed by atoms with Gasteiger partial charge in [0.1, 0.15) is 19.8 Å². The Morgan fingerprint density at radius 1 is 1.08 bits per heavy atom. The summed E-state index contributed by atoms with van der Waals surface area (Å²) >= 11 is 2.50. The van der Waals surface area contributed by atoms with Crippen LogP contribution in [0.2, 0.25) is 0 Å². The Balaban J connectivity index is 1.70. The standard InChI is InChI=1S/C24H20N4O7S3/c1-4-35-24(31)18-17(20(29)28(25-18)13-9-11-14(12-10-13)38(32,33)34)22-27(3)21(30)19(37-22)23-26(2)15-7-5-6-8-16(15)36-23/h5-12H,4H2,1-3H3,(H,32,33,34). The van der Waals surface area contributed by atoms with E-state index in [1.165, 1.54) is 35.5 Å². The number of esters is 1. The highest BCUT2D eigenvalue weighted by molar-refractivity contribution is 8.08. The Bertz CT molecular complexity index is 1820. The first-order valence-corrected chi connectivity index (χ1v) is 14.2. The summed E-state index contributed by atoms with van der Waals surface area (Å²) in [6.07, 6.45) is 0. The van der Waals surface area contributed by atoms with Crippen LogP contribution >= 0.6 is 23.1 Å². The number of para-hydroxylation sites is 1. The number of ether oxygens (including phenoxy) is 1. The molecule has 14 heteroatoms. The van der Waals surface area contributed by atoms with Crippen LogP contribution in [0.15, 0.2) is 68.2 Å². The highest BCUT2D eigenvalue weighted by Gasteiger charge is 2.38. The van der Waals surface area contributed by atoms with E-state index < -0.39 is 22.0 Å². The molecule has 5 rings (SSSR count). The van der Waals surface area contributed by atoms with Crippen molar-refractivity contribution in [3.63, 3.8) is 0 Å². The van der Waals surface area contributed by atoms with Crippen molar-refractivity contribution in [2.75, 3.05) is 23.6 Å². The van der Waals surface area contributed by atoms with Gasteiger partial charge in [-0.15, -0.1) is 11.3 Å². The van der Waals surface area contributed by atoms with Gasteiger partial charge in [0.15, 0.2) is 5.71 Å². The van der Waals surface area contributed by atoms with E-state index in [1.807, 2.05) is 36.2 Å². The van der Waals surface area contributed by atoms with Gasteiger partial charge in [-0.2, -0.15) is 18.5 Å². The molecule has 0 atom stereocenters. The third kappa shape index (κ3) is 4.24. The molecule has 0 radical (unpaired) electrons. The lowest BCUT2D eigenvalue weighted by Crippen LogP contribution is -2.34. The van der Waals surface area contributed by atoms with Crippen LogP contribution in [0.5, 0.6) is 0 Å². The van der Waals surface area contributed by atoms with E-state index in [-0.39, 0.29) is 38.7 Å². The second-order valence-corrected chi connectivity index (χ2v) is 11.6. The van der Waals surface area contributed by atoms with Crippen LogP contribution in [-0.2, 0) is 31.5 Å². The molecule has 11 nitrogen and oxygen atoms in total. The zero-order valence-electron chi connectivity index (χ0n) is 20.2. The fraction of sp³-hybridized carbons (Fsp3) is 0.167. The lowest BCUT2D eigenvalue weighted by molar-refractivity contribution is -0.134. The summed E-state index contributed by atoms with van der Waals surface area (Å²) in [6, 6.07) is 12.5. The number of benzene rings is 2. The molecule has 3 heterocycles. The minimum Gasteiger partial charge on any atom is -0.461 e. The van der Waals surface area contributed by atoms with Crippen LogP contribution in [-0.4, -0.2) is 48.8 Å². The minimum atomic E-state index is -4.45. The van der Waals surface area contributed by atoms with Gasteiger partial charge in [0.2, 0.25) is 0 Å². The van der Waals surface area contributed by atoms with Gasteiger partial charge in [0.05, 0.1) is 22.9 Å². The van der Waals surface area contributed by atoms with Crippen molar-refractivity contribution in [1.29, 1.82) is 0 Å². The van der Waals surface area contributed by atoms with Crippen LogP contribution in [0.4, 0.5) is 11.4 Å². The Morgan fingerprint density at radius 2 is 1.76 bits per heavy atom. The summed E-state index contributed by atoms with van der Waals surface area (Å²) in [6.45, 7) is 1.65. The molecule has 0 aliphatic carbocycles. The number of aromatic nitrogens is 1. The lowest BCUT2D eigenvalue weighted by Gasteiger charge is -2.11. The molecular weight excluding hydrogens is 552 g/mol. The summed E-state index contributed by atoms with van der Waals surface area (Å²) in [5.41, 5.74) is 0.368. The van der Waals surface area contributed by atoms with Crippen LogP contribution in [0, 0.1) is 0 Å². The number of amides is 1. The number of thioether (sulfide) groups is 1. The van der Waals surface area contributed by atoms with Crippen molar-refractivity contribution >= 4 is 72.8 Å². The lowest BCUT2D eigenvalue weighted by atomic mass is 10.1. The van der Waals surface area contributed by atoms with Gasteiger partial charge in [0, 0.05) is 19.0 Å². The quantitative estimate of drug-likeness (QED) is 0.360. The summed E-state index contributed by atoms with van der Waals surface area (Å²) in [7, 11) is -1.08. The Hall–Kier alpha value is -3.72. The van der Waals surface area contributed by atoms with Crippen molar-refractivity contribution in [2.45, 2.75) is 16.7 Å². The van der Waals surface area contributed by atoms with Crippen LogP contribution in [0.25, 0.3) is 10.6 Å². The first-order chi connectivity index (χ1) is 18.0. The highest BCUT2D eigenvalue weighted by Crippen LogP contribution is 2.44. The first kappa shape index (κ1) is 25.9. The summed E-state index contributed by atoms with van der Waals surface area (Å²) < 4.78 is 39.1. The van der Waals surface area contributed by atoms with Gasteiger partial charge in [-0.3, -0.25) is 14.1 Å². The molecule has 0 saturated carbocycles. The number of nitrogens with zero attached hydrogens (tertiary/aromatic N) is 4. The van der Waals surface area contributed by atoms with Crippen LogP contribution in [0.1, 0.15) is 6.92 Å². The molecule has 1 aromatic heterocycles. The number of rotatable bonds is 4. The normalized spacial score (nSPS) is 18.1. The average molecular weight is 573 g/mol. The molecule has 0 spiro atoms. The predicted molar refractivity (Wildman–Crippen MR) is 144 cm³/mol. The molecular formula is C24H20N4O7S3. The third-order valence-electron chi connectivity index (χ3n) is 5.84. The van der Waals surface area contributed by atoms with Gasteiger partial charge < -0.3 is 14.2 Å². The predicted octanol–water partition coefficient (Wildman–Crippen LogP) is 1.12. The van der Waals surface area contributed by atoms with E-state index in [4.69, 9.17) is 4.74 Å². The molecule has 2 aliphatic rings. The Kier molecular flexibility index (Phi) is 6.51. The van der Waals surface area contributed by atoms with E-state index in [0.29, 0.717) is 9.56 Å². The molecule has 38 heavy (non-hydrogen) atoms. The summed E-state index contributed by atoms with van der Waals surface area (Å²) in [4.78, 5) is 42.3. The number of carbonyl (C=O) groups is 2. The smallest absolute Gasteiger partial charge is 0.359 e. The second kappa shape index (κ2) is 9.54.